The van der Waals surface area contributed by atoms with Crippen LogP contribution in [0.4, 0.5) is 0 Å². The molecule has 1 unspecified atom stereocenters. The van der Waals surface area contributed by atoms with E-state index >= 15 is 0 Å². The molecule has 2 aromatic rings. The lowest BCUT2D eigenvalue weighted by atomic mass is 10.1. The first-order valence-corrected chi connectivity index (χ1v) is 7.18. The van der Waals surface area contributed by atoms with Gasteiger partial charge in [0.15, 0.2) is 5.65 Å². The molecule has 3 heterocycles. The lowest BCUT2D eigenvalue weighted by molar-refractivity contribution is 0.271. The van der Waals surface area contributed by atoms with E-state index in [4.69, 9.17) is 0 Å². The summed E-state index contributed by atoms with van der Waals surface area (Å²) < 4.78 is 3.17. The average Bonchev–Trinajstić information content (AvgIpc) is 2.93. The standard InChI is InChI=1S/C13H17BrN4/c1-9(2)17-6-5-10(7-17)13-16-15-12-4-3-11(14)8-18(12)13/h3-4,8-10H,5-7H2,1-2H3. The van der Waals surface area contributed by atoms with Gasteiger partial charge >= 0.3 is 0 Å². The zero-order valence-corrected chi connectivity index (χ0v) is 12.3. The van der Waals surface area contributed by atoms with Crippen LogP contribution in [0.3, 0.4) is 0 Å². The molecule has 1 fully saturated rings. The van der Waals surface area contributed by atoms with Crippen molar-refractivity contribution in [3.63, 3.8) is 0 Å². The molecule has 0 amide bonds. The van der Waals surface area contributed by atoms with E-state index in [1.54, 1.807) is 0 Å². The smallest absolute Gasteiger partial charge is 0.160 e. The molecule has 0 bridgehead atoms. The lowest BCUT2D eigenvalue weighted by Crippen LogP contribution is -2.28. The van der Waals surface area contributed by atoms with Crippen molar-refractivity contribution in [1.29, 1.82) is 0 Å². The molecule has 0 aromatic carbocycles. The van der Waals surface area contributed by atoms with Crippen LogP contribution >= 0.6 is 15.9 Å². The molecule has 18 heavy (non-hydrogen) atoms. The van der Waals surface area contributed by atoms with Crippen molar-refractivity contribution in [2.24, 2.45) is 0 Å². The Morgan fingerprint density at radius 3 is 2.89 bits per heavy atom. The Labute approximate surface area is 115 Å². The monoisotopic (exact) mass is 308 g/mol. The molecule has 2 aromatic heterocycles. The second-order valence-corrected chi connectivity index (χ2v) is 6.12. The number of likely N-dealkylation sites (tertiary alicyclic amines) is 1. The minimum absolute atomic E-state index is 0.497. The van der Waals surface area contributed by atoms with E-state index < -0.39 is 0 Å². The third kappa shape index (κ3) is 2.06. The van der Waals surface area contributed by atoms with Gasteiger partial charge in [0, 0.05) is 29.2 Å². The Kier molecular flexibility index (Phi) is 3.11. The van der Waals surface area contributed by atoms with Crippen molar-refractivity contribution in [3.05, 3.63) is 28.6 Å². The lowest BCUT2D eigenvalue weighted by Gasteiger charge is -2.19. The SMILES string of the molecule is CC(C)N1CCC(c2nnc3ccc(Br)cn23)C1. The largest absolute Gasteiger partial charge is 0.300 e. The zero-order chi connectivity index (χ0) is 12.7. The van der Waals surface area contributed by atoms with Crippen molar-refractivity contribution in [2.75, 3.05) is 13.1 Å². The normalized spacial score (nSPS) is 21.2. The summed E-state index contributed by atoms with van der Waals surface area (Å²) in [6.45, 7) is 6.75. The molecule has 4 nitrogen and oxygen atoms in total. The highest BCUT2D eigenvalue weighted by Crippen LogP contribution is 2.28. The molecule has 5 heteroatoms. The molecule has 0 N–H and O–H groups in total. The fourth-order valence-corrected chi connectivity index (χ4v) is 2.96. The van der Waals surface area contributed by atoms with Gasteiger partial charge in [-0.15, -0.1) is 10.2 Å². The molecule has 1 atom stereocenters. The quantitative estimate of drug-likeness (QED) is 0.855. The number of nitrogens with zero attached hydrogens (tertiary/aromatic N) is 4. The Balaban J connectivity index is 1.93. The molecular weight excluding hydrogens is 292 g/mol. The molecule has 0 radical (unpaired) electrons. The summed E-state index contributed by atoms with van der Waals surface area (Å²) in [6, 6.07) is 4.61. The molecule has 0 aliphatic carbocycles. The van der Waals surface area contributed by atoms with Gasteiger partial charge in [-0.25, -0.2) is 0 Å². The highest BCUT2D eigenvalue weighted by atomic mass is 79.9. The molecule has 1 aliphatic heterocycles. The van der Waals surface area contributed by atoms with Crippen LogP contribution in [0.1, 0.15) is 32.0 Å². The van der Waals surface area contributed by atoms with E-state index in [1.807, 2.05) is 12.1 Å². The van der Waals surface area contributed by atoms with E-state index in [9.17, 15) is 0 Å². The second kappa shape index (κ2) is 4.63. The van der Waals surface area contributed by atoms with Crippen molar-refractivity contribution in [1.82, 2.24) is 19.5 Å². The van der Waals surface area contributed by atoms with Gasteiger partial charge in [-0.1, -0.05) is 0 Å². The minimum atomic E-state index is 0.497. The number of rotatable bonds is 2. The van der Waals surface area contributed by atoms with Crippen molar-refractivity contribution >= 4 is 21.6 Å². The predicted octanol–water partition coefficient (Wildman–Crippen LogP) is 2.69. The maximum Gasteiger partial charge on any atom is 0.160 e. The number of hydrogen-bond donors (Lipinski definition) is 0. The highest BCUT2D eigenvalue weighted by molar-refractivity contribution is 9.10. The van der Waals surface area contributed by atoms with Crippen LogP contribution in [-0.4, -0.2) is 38.6 Å². The van der Waals surface area contributed by atoms with Crippen LogP contribution in [0.5, 0.6) is 0 Å². The zero-order valence-electron chi connectivity index (χ0n) is 10.7. The maximum atomic E-state index is 4.38. The number of pyridine rings is 1. The van der Waals surface area contributed by atoms with Gasteiger partial charge in [-0.3, -0.25) is 4.40 Å². The molecule has 1 saturated heterocycles. The summed E-state index contributed by atoms with van der Waals surface area (Å²) in [6.07, 6.45) is 3.23. The second-order valence-electron chi connectivity index (χ2n) is 5.21. The first-order chi connectivity index (χ1) is 8.65. The van der Waals surface area contributed by atoms with Gasteiger partial charge in [0.25, 0.3) is 0 Å². The molecule has 0 spiro atoms. The molecule has 0 saturated carbocycles. The first kappa shape index (κ1) is 12.1. The highest BCUT2D eigenvalue weighted by Gasteiger charge is 2.28. The number of fused-ring (bicyclic) bond motifs is 1. The van der Waals surface area contributed by atoms with Gasteiger partial charge in [0.05, 0.1) is 0 Å². The Morgan fingerprint density at radius 1 is 1.33 bits per heavy atom. The van der Waals surface area contributed by atoms with Gasteiger partial charge in [-0.05, 0) is 54.9 Å². The number of halogens is 1. The number of aromatic nitrogens is 3. The predicted molar refractivity (Wildman–Crippen MR) is 74.8 cm³/mol. The van der Waals surface area contributed by atoms with Gasteiger partial charge in [-0.2, -0.15) is 0 Å². The fourth-order valence-electron chi connectivity index (χ4n) is 2.63. The molecule has 96 valence electrons. The topological polar surface area (TPSA) is 33.4 Å². The van der Waals surface area contributed by atoms with Crippen LogP contribution in [-0.2, 0) is 0 Å². The Hall–Kier alpha value is -0.940. The van der Waals surface area contributed by atoms with Gasteiger partial charge in [0.1, 0.15) is 5.82 Å². The summed E-state index contributed by atoms with van der Waals surface area (Å²) in [5, 5.41) is 8.63. The summed E-state index contributed by atoms with van der Waals surface area (Å²) in [7, 11) is 0. The Bertz CT molecular complexity index is 563. The van der Waals surface area contributed by atoms with E-state index in [1.165, 1.54) is 6.42 Å². The van der Waals surface area contributed by atoms with Crippen LogP contribution in [0, 0.1) is 0 Å². The summed E-state index contributed by atoms with van der Waals surface area (Å²) in [5.74, 6) is 1.59. The third-order valence-corrected chi connectivity index (χ3v) is 4.18. The molecule has 3 rings (SSSR count). The van der Waals surface area contributed by atoms with E-state index in [-0.39, 0.29) is 0 Å². The fraction of sp³-hybridized carbons (Fsp3) is 0.538. The number of hydrogen-bond acceptors (Lipinski definition) is 3. The summed E-state index contributed by atoms with van der Waals surface area (Å²) in [5.41, 5.74) is 0.927. The summed E-state index contributed by atoms with van der Waals surface area (Å²) >= 11 is 3.51. The first-order valence-electron chi connectivity index (χ1n) is 6.39. The molecular formula is C13H17BrN4. The van der Waals surface area contributed by atoms with E-state index in [0.29, 0.717) is 12.0 Å². The Morgan fingerprint density at radius 2 is 2.17 bits per heavy atom. The van der Waals surface area contributed by atoms with Gasteiger partial charge in [0.2, 0.25) is 0 Å². The maximum absolute atomic E-state index is 4.38. The van der Waals surface area contributed by atoms with Crippen LogP contribution in [0.2, 0.25) is 0 Å². The van der Waals surface area contributed by atoms with E-state index in [0.717, 1.165) is 29.0 Å². The third-order valence-electron chi connectivity index (χ3n) is 3.71. The van der Waals surface area contributed by atoms with Crippen LogP contribution < -0.4 is 0 Å². The molecule has 1 aliphatic rings. The average molecular weight is 309 g/mol. The van der Waals surface area contributed by atoms with Crippen LogP contribution in [0.15, 0.2) is 22.8 Å². The summed E-state index contributed by atoms with van der Waals surface area (Å²) in [4.78, 5) is 2.50. The van der Waals surface area contributed by atoms with Crippen molar-refractivity contribution in [3.8, 4) is 0 Å². The minimum Gasteiger partial charge on any atom is -0.300 e. The van der Waals surface area contributed by atoms with Crippen molar-refractivity contribution < 1.29 is 0 Å². The van der Waals surface area contributed by atoms with Gasteiger partial charge < -0.3 is 4.90 Å². The van der Waals surface area contributed by atoms with Crippen LogP contribution in [0.25, 0.3) is 5.65 Å². The van der Waals surface area contributed by atoms with E-state index in [2.05, 4.69) is 55.5 Å². The van der Waals surface area contributed by atoms with Crippen molar-refractivity contribution in [2.45, 2.75) is 32.2 Å².